The van der Waals surface area contributed by atoms with E-state index in [0.29, 0.717) is 0 Å². The maximum Gasteiger partial charge on any atom is 0.152 e. The summed E-state index contributed by atoms with van der Waals surface area (Å²) in [5.41, 5.74) is 0. The summed E-state index contributed by atoms with van der Waals surface area (Å²) in [6, 6.07) is 6.89. The minimum Gasteiger partial charge on any atom is -0.207 e. The lowest BCUT2D eigenvalue weighted by molar-refractivity contribution is 0.630. The van der Waals surface area contributed by atoms with Gasteiger partial charge in [0.15, 0.2) is 7.85 Å². The molecule has 0 aliphatic rings. The van der Waals surface area contributed by atoms with Crippen molar-refractivity contribution in [3.05, 3.63) is 30.1 Å². The molecule has 2 rings (SSSR count). The Labute approximate surface area is 69.1 Å². The van der Waals surface area contributed by atoms with Gasteiger partial charge in [0.05, 0.1) is 0 Å². The van der Waals surface area contributed by atoms with E-state index in [0.717, 1.165) is 10.1 Å². The van der Waals surface area contributed by atoms with E-state index in [2.05, 4.69) is 0 Å². The minimum atomic E-state index is -0.157. The predicted octanol–water partition coefficient (Wildman–Crippen LogP) is 1.30. The number of rotatable bonds is 0. The van der Waals surface area contributed by atoms with Crippen LogP contribution in [0, 0.1) is 5.82 Å². The lowest BCUT2D eigenvalue weighted by atomic mass is 10.1. The van der Waals surface area contributed by atoms with E-state index in [-0.39, 0.29) is 5.82 Å². The van der Waals surface area contributed by atoms with Gasteiger partial charge in [-0.3, -0.25) is 0 Å². The van der Waals surface area contributed by atoms with Crippen LogP contribution >= 0.6 is 11.3 Å². The topological polar surface area (TPSA) is 0 Å². The molecule has 0 aliphatic heterocycles. The van der Waals surface area contributed by atoms with E-state index in [1.165, 1.54) is 10.8 Å². The summed E-state index contributed by atoms with van der Waals surface area (Å²) in [7, 11) is 2.03. The van der Waals surface area contributed by atoms with Crippen LogP contribution in [0.2, 0.25) is 0 Å². The first kappa shape index (κ1) is 6.86. The molecule has 54 valence electrons. The van der Waals surface area contributed by atoms with Crippen LogP contribution in [0.25, 0.3) is 10.1 Å². The molecule has 2 aromatic rings. The lowest BCUT2D eigenvalue weighted by Crippen LogP contribution is -1.88. The number of hydrogen-bond acceptors (Lipinski definition) is 1. The molecule has 0 saturated carbocycles. The van der Waals surface area contributed by atoms with Crippen LogP contribution < -0.4 is 4.78 Å². The highest BCUT2D eigenvalue weighted by molar-refractivity contribution is 7.26. The Hall–Kier alpha value is -0.825. The van der Waals surface area contributed by atoms with Gasteiger partial charge < -0.3 is 0 Å². The fourth-order valence-electron chi connectivity index (χ4n) is 1.15. The van der Waals surface area contributed by atoms with Crippen molar-refractivity contribution >= 4 is 34.0 Å². The summed E-state index contributed by atoms with van der Waals surface area (Å²) in [6.45, 7) is 0. The van der Waals surface area contributed by atoms with E-state index in [4.69, 9.17) is 0 Å². The van der Waals surface area contributed by atoms with E-state index >= 15 is 0 Å². The average Bonchev–Trinajstić information content (AvgIpc) is 2.27. The maximum absolute atomic E-state index is 12.7. The average molecular weight is 164 g/mol. The third-order valence-corrected chi connectivity index (χ3v) is 2.63. The van der Waals surface area contributed by atoms with Crippen LogP contribution in [0.5, 0.6) is 0 Å². The summed E-state index contributed by atoms with van der Waals surface area (Å²) in [6.07, 6.45) is 0. The first-order valence-electron chi connectivity index (χ1n) is 3.41. The van der Waals surface area contributed by atoms with E-state index in [9.17, 15) is 4.39 Å². The molecular weight excluding hydrogens is 158 g/mol. The highest BCUT2D eigenvalue weighted by atomic mass is 32.1. The molecule has 0 fully saturated rings. The Balaban J connectivity index is 2.82. The van der Waals surface area contributed by atoms with Crippen LogP contribution in [0.1, 0.15) is 0 Å². The second-order valence-electron chi connectivity index (χ2n) is 2.54. The van der Waals surface area contributed by atoms with Crippen molar-refractivity contribution in [2.45, 2.75) is 0 Å². The van der Waals surface area contributed by atoms with Crippen LogP contribution in [0.3, 0.4) is 0 Å². The van der Waals surface area contributed by atoms with Crippen molar-refractivity contribution in [1.29, 1.82) is 0 Å². The van der Waals surface area contributed by atoms with Crippen LogP contribution in [0.4, 0.5) is 4.39 Å². The van der Waals surface area contributed by atoms with Crippen molar-refractivity contribution in [1.82, 2.24) is 0 Å². The molecule has 0 atom stereocenters. The number of benzene rings is 1. The van der Waals surface area contributed by atoms with Gasteiger partial charge in [0, 0.05) is 4.70 Å². The highest BCUT2D eigenvalue weighted by Crippen LogP contribution is 2.18. The third-order valence-electron chi connectivity index (χ3n) is 1.60. The van der Waals surface area contributed by atoms with Crippen molar-refractivity contribution in [2.75, 3.05) is 0 Å². The van der Waals surface area contributed by atoms with Gasteiger partial charge in [-0.25, -0.2) is 4.39 Å². The van der Waals surface area contributed by atoms with Gasteiger partial charge in [-0.2, -0.15) is 11.3 Å². The molecular formula is C8H6BFS. The Kier molecular flexibility index (Phi) is 1.46. The molecule has 0 spiro atoms. The van der Waals surface area contributed by atoms with Gasteiger partial charge >= 0.3 is 0 Å². The van der Waals surface area contributed by atoms with Crippen molar-refractivity contribution < 1.29 is 4.39 Å². The largest absolute Gasteiger partial charge is 0.207 e. The summed E-state index contributed by atoms with van der Waals surface area (Å²) in [5.74, 6) is -0.157. The number of fused-ring (bicyclic) bond motifs is 1. The van der Waals surface area contributed by atoms with Crippen molar-refractivity contribution in [3.63, 3.8) is 0 Å². The predicted molar refractivity (Wildman–Crippen MR) is 50.0 cm³/mol. The summed E-state index contributed by atoms with van der Waals surface area (Å²) < 4.78 is 15.0. The molecule has 0 radical (unpaired) electrons. The van der Waals surface area contributed by atoms with E-state index in [1.54, 1.807) is 17.4 Å². The molecule has 0 nitrogen and oxygen atoms in total. The zero-order valence-corrected chi connectivity index (χ0v) is 6.91. The van der Waals surface area contributed by atoms with Crippen molar-refractivity contribution in [2.24, 2.45) is 0 Å². The zero-order valence-electron chi connectivity index (χ0n) is 6.10. The summed E-state index contributed by atoms with van der Waals surface area (Å²) in [5, 5.41) is 1.01. The smallest absolute Gasteiger partial charge is 0.152 e. The summed E-state index contributed by atoms with van der Waals surface area (Å²) >= 11 is 1.69. The normalized spacial score (nSPS) is 10.6. The Bertz CT molecular complexity index is 394. The molecule has 0 saturated heterocycles. The second kappa shape index (κ2) is 2.34. The second-order valence-corrected chi connectivity index (χ2v) is 3.83. The van der Waals surface area contributed by atoms with Gasteiger partial charge in [-0.15, -0.1) is 0 Å². The molecule has 3 heteroatoms. The SMILES string of the molecule is Bc1cc2cc(F)ccc2s1. The molecule has 0 N–H and O–H groups in total. The number of thiophene rings is 1. The number of halogens is 1. The molecule has 0 unspecified atom stereocenters. The molecule has 11 heavy (non-hydrogen) atoms. The van der Waals surface area contributed by atoms with Gasteiger partial charge in [-0.1, -0.05) is 6.07 Å². The van der Waals surface area contributed by atoms with E-state index < -0.39 is 0 Å². The van der Waals surface area contributed by atoms with E-state index in [1.807, 2.05) is 20.0 Å². The Morgan fingerprint density at radius 3 is 2.91 bits per heavy atom. The molecule has 1 aromatic carbocycles. The quantitative estimate of drug-likeness (QED) is 0.514. The monoisotopic (exact) mass is 164 g/mol. The first-order valence-corrected chi connectivity index (χ1v) is 4.23. The molecule has 1 heterocycles. The van der Waals surface area contributed by atoms with Crippen LogP contribution in [-0.4, -0.2) is 7.85 Å². The Morgan fingerprint density at radius 2 is 2.09 bits per heavy atom. The van der Waals surface area contributed by atoms with Gasteiger partial charge in [0.2, 0.25) is 0 Å². The minimum absolute atomic E-state index is 0.157. The standard InChI is InChI=1S/C8H6BFS/c9-8-4-5-3-6(10)1-2-7(5)11-8/h1-4H,9H2. The highest BCUT2D eigenvalue weighted by Gasteiger charge is 1.98. The van der Waals surface area contributed by atoms with Gasteiger partial charge in [-0.05, 0) is 28.4 Å². The Morgan fingerprint density at radius 1 is 1.27 bits per heavy atom. The lowest BCUT2D eigenvalue weighted by Gasteiger charge is -1.86. The van der Waals surface area contributed by atoms with Crippen molar-refractivity contribution in [3.8, 4) is 0 Å². The van der Waals surface area contributed by atoms with Gasteiger partial charge in [0.25, 0.3) is 0 Å². The third kappa shape index (κ3) is 1.16. The fraction of sp³-hybridized carbons (Fsp3) is 0. The molecule has 1 aromatic heterocycles. The van der Waals surface area contributed by atoms with Crippen LogP contribution in [-0.2, 0) is 0 Å². The molecule has 0 aliphatic carbocycles. The number of hydrogen-bond donors (Lipinski definition) is 0. The summed E-state index contributed by atoms with van der Waals surface area (Å²) in [4.78, 5) is 0. The van der Waals surface area contributed by atoms with Gasteiger partial charge in [0.1, 0.15) is 5.82 Å². The van der Waals surface area contributed by atoms with Crippen LogP contribution in [0.15, 0.2) is 24.3 Å². The molecule has 0 amide bonds. The molecule has 0 bridgehead atoms. The first-order chi connectivity index (χ1) is 5.25. The maximum atomic E-state index is 12.7. The fourth-order valence-corrected chi connectivity index (χ4v) is 2.05. The zero-order chi connectivity index (χ0) is 7.84.